The number of phenolic OH excluding ortho intramolecular Hbond substituents is 2. The molecule has 5 aromatic rings. The molecular formula is C65H84F3N17O17. The molecule has 0 aliphatic carbocycles. The molecule has 0 fully saturated rings. The zero-order chi connectivity index (χ0) is 76.0. The van der Waals surface area contributed by atoms with Crippen LogP contribution in [0.4, 0.5) is 13.2 Å². The smallest absolute Gasteiger partial charge is 0.490 e. The van der Waals surface area contributed by atoms with E-state index < -0.39 is 163 Å². The Bertz CT molecular complexity index is 3760. The summed E-state index contributed by atoms with van der Waals surface area (Å²) in [6.45, 7) is 1.65. The number of hydrogen-bond donors (Lipinski definition) is 20. The first kappa shape index (κ1) is 82.5. The van der Waals surface area contributed by atoms with Crippen LogP contribution >= 0.6 is 0 Å². The molecule has 1 aromatic heterocycles. The van der Waals surface area contributed by atoms with E-state index in [9.17, 15) is 86.0 Å². The number of nitrogens with two attached hydrogens (primary N) is 6. The number of halogens is 3. The lowest BCUT2D eigenvalue weighted by atomic mass is 10.0. The number of hydrogen-bond acceptors (Lipinski definition) is 18. The van der Waals surface area contributed by atoms with E-state index in [0.29, 0.717) is 33.2 Å². The molecule has 9 atom stereocenters. The van der Waals surface area contributed by atoms with Crippen molar-refractivity contribution in [3.05, 3.63) is 132 Å². The second kappa shape index (κ2) is 40.2. The molecular weight excluding hydrogens is 1350 g/mol. The van der Waals surface area contributed by atoms with Crippen LogP contribution in [0.5, 0.6) is 11.5 Å². The maximum atomic E-state index is 14.5. The van der Waals surface area contributed by atoms with Crippen LogP contribution in [0, 0.1) is 5.92 Å². The number of amides is 12. The van der Waals surface area contributed by atoms with Gasteiger partial charge < -0.3 is 108 Å². The van der Waals surface area contributed by atoms with Crippen molar-refractivity contribution >= 4 is 93.7 Å². The zero-order valence-corrected chi connectivity index (χ0v) is 55.3. The molecule has 5 rings (SSSR count). The summed E-state index contributed by atoms with van der Waals surface area (Å²) in [6.07, 6.45) is -5.77. The molecule has 552 valence electrons. The minimum Gasteiger partial charge on any atom is -0.508 e. The second-order valence-corrected chi connectivity index (χ2v) is 23.7. The number of primary amides is 3. The van der Waals surface area contributed by atoms with Crippen molar-refractivity contribution < 1.29 is 95.9 Å². The number of alkyl halides is 3. The molecule has 0 aliphatic rings. The number of aromatic amines is 1. The number of aliphatic hydroxyl groups is 1. The number of para-hydroxylation sites is 1. The van der Waals surface area contributed by atoms with E-state index in [1.807, 2.05) is 0 Å². The average molecular weight is 1430 g/mol. The Kier molecular flexibility index (Phi) is 32.6. The van der Waals surface area contributed by atoms with Crippen LogP contribution in [0.25, 0.3) is 10.9 Å². The fourth-order valence-corrected chi connectivity index (χ4v) is 9.80. The van der Waals surface area contributed by atoms with Crippen molar-refractivity contribution in [3.63, 3.8) is 0 Å². The average Bonchev–Trinajstić information content (AvgIpc) is 1.70. The van der Waals surface area contributed by atoms with E-state index >= 15 is 0 Å². The highest BCUT2D eigenvalue weighted by Crippen LogP contribution is 2.21. The molecule has 0 saturated heterocycles. The highest BCUT2D eigenvalue weighted by atomic mass is 19.4. The van der Waals surface area contributed by atoms with Gasteiger partial charge in [0.1, 0.15) is 59.8 Å². The van der Waals surface area contributed by atoms with Gasteiger partial charge in [0.25, 0.3) is 0 Å². The van der Waals surface area contributed by atoms with Crippen molar-refractivity contribution in [2.45, 2.75) is 132 Å². The van der Waals surface area contributed by atoms with Crippen LogP contribution < -0.4 is 82.3 Å². The number of carboxylic acids is 1. The molecule has 0 bridgehead atoms. The highest BCUT2D eigenvalue weighted by molar-refractivity contribution is 6.00. The van der Waals surface area contributed by atoms with Crippen molar-refractivity contribution in [3.8, 4) is 11.5 Å². The van der Waals surface area contributed by atoms with E-state index in [1.54, 1.807) is 74.6 Å². The Labute approximate surface area is 580 Å². The van der Waals surface area contributed by atoms with Crippen LogP contribution in [-0.2, 0) is 88.0 Å². The molecule has 0 saturated carbocycles. The number of guanidine groups is 1. The second-order valence-electron chi connectivity index (χ2n) is 23.7. The van der Waals surface area contributed by atoms with Gasteiger partial charge in [-0.05, 0) is 84.2 Å². The molecule has 12 amide bonds. The summed E-state index contributed by atoms with van der Waals surface area (Å²) in [5, 5.41) is 59.8. The van der Waals surface area contributed by atoms with Crippen LogP contribution in [0.2, 0.25) is 0 Å². The highest BCUT2D eigenvalue weighted by Gasteiger charge is 2.39. The van der Waals surface area contributed by atoms with Crippen LogP contribution in [0.3, 0.4) is 0 Å². The summed E-state index contributed by atoms with van der Waals surface area (Å²) in [7, 11) is 0. The summed E-state index contributed by atoms with van der Waals surface area (Å²) in [6, 6.07) is 12.8. The van der Waals surface area contributed by atoms with E-state index in [-0.39, 0.29) is 74.9 Å². The number of nitrogens with zero attached hydrogens (tertiary/aromatic N) is 1. The molecule has 1 heterocycles. The lowest BCUT2D eigenvalue weighted by molar-refractivity contribution is -0.192. The molecule has 26 N–H and O–H groups in total. The largest absolute Gasteiger partial charge is 0.508 e. The number of nitrogens with one attached hydrogen (secondary N) is 10. The van der Waals surface area contributed by atoms with Crippen molar-refractivity contribution in [1.29, 1.82) is 0 Å². The van der Waals surface area contributed by atoms with Crippen LogP contribution in [0.15, 0.2) is 114 Å². The molecule has 37 heteroatoms. The number of phenols is 2. The summed E-state index contributed by atoms with van der Waals surface area (Å²) in [4.78, 5) is 179. The number of fused-ring (bicyclic) bond motifs is 1. The quantitative estimate of drug-likeness (QED) is 0.0102. The lowest BCUT2D eigenvalue weighted by Gasteiger charge is -2.27. The van der Waals surface area contributed by atoms with Crippen molar-refractivity contribution in [2.75, 3.05) is 19.7 Å². The number of carboxylic acid groups (broad SMARTS) is 1. The van der Waals surface area contributed by atoms with Crippen LogP contribution in [-0.4, -0.2) is 188 Å². The van der Waals surface area contributed by atoms with Gasteiger partial charge in [-0.1, -0.05) is 86.6 Å². The minimum absolute atomic E-state index is 0.0205. The monoisotopic (exact) mass is 1430 g/mol. The topological polar surface area (TPSA) is 595 Å². The van der Waals surface area contributed by atoms with Crippen LogP contribution in [0.1, 0.15) is 68.2 Å². The summed E-state index contributed by atoms with van der Waals surface area (Å²) in [5.41, 5.74) is 36.5. The number of aliphatic imine (C=N–C) groups is 1. The Hall–Kier alpha value is -11.9. The fourth-order valence-electron chi connectivity index (χ4n) is 9.80. The number of rotatable bonds is 38. The lowest BCUT2D eigenvalue weighted by Crippen LogP contribution is -2.61. The Morgan fingerprint density at radius 3 is 1.46 bits per heavy atom. The number of carbonyl (C=O) groups is 13. The molecule has 4 aromatic carbocycles. The normalized spacial score (nSPS) is 13.7. The summed E-state index contributed by atoms with van der Waals surface area (Å²) < 4.78 is 31.7. The van der Waals surface area contributed by atoms with Crippen molar-refractivity contribution in [1.82, 2.24) is 52.8 Å². The van der Waals surface area contributed by atoms with Crippen molar-refractivity contribution in [2.24, 2.45) is 45.3 Å². The van der Waals surface area contributed by atoms with Gasteiger partial charge in [-0.2, -0.15) is 13.2 Å². The summed E-state index contributed by atoms with van der Waals surface area (Å²) >= 11 is 0. The molecule has 102 heavy (non-hydrogen) atoms. The molecule has 0 radical (unpaired) electrons. The minimum atomic E-state index is -5.08. The number of benzene rings is 4. The molecule has 0 spiro atoms. The SMILES string of the molecule is CC(C)CC(NC(=O)CNC(=O)C(Cc1ccccc1)NC(=O)C(CO)NC(=O)C(CC(N)=O)NC(=O)C(Cc1c[nH]c2ccccc12)NC(=O)C(CC(N)=O)NC(=O)C(N)Cc1ccc(O)cc1)C(=O)NC(CCCN=C(N)N)C(=O)NC(Cc1ccc(O)cc1)C(N)=O.O=C(O)C(F)(F)F. The predicted octanol–water partition coefficient (Wildman–Crippen LogP) is -3.87. The summed E-state index contributed by atoms with van der Waals surface area (Å²) in [5.74, 6) is -15.4. The maximum absolute atomic E-state index is 14.5. The fraction of sp³-hybridized carbons (Fsp3) is 0.385. The van der Waals surface area contributed by atoms with Gasteiger partial charge in [0.2, 0.25) is 70.9 Å². The third-order valence-corrected chi connectivity index (χ3v) is 14.9. The number of aliphatic hydroxyl groups excluding tert-OH is 1. The molecule has 34 nitrogen and oxygen atoms in total. The molecule has 0 aliphatic heterocycles. The third kappa shape index (κ3) is 28.9. The number of aromatic nitrogens is 1. The number of carbonyl (C=O) groups excluding carboxylic acids is 12. The Morgan fingerprint density at radius 1 is 0.510 bits per heavy atom. The standard InChI is InChI=1S/C63H83N17O15.C2HF3O2/c1-33(2)23-45(58(91)74-43(13-8-22-70-63(68)69)57(90)75-44(54(67)87)25-36-16-20-39(83)21-17-36)73-53(86)31-72-56(89)46(26-34-9-4-3-5-10-34)77-62(95)50(32-81)80-61(94)49(29-52(66)85)79-59(92)47(27-37-30-71-42-12-7-6-11-40(37)42)78-60(93)48(28-51(65)84)76-55(88)41(64)24-35-14-18-38(82)19-15-35;3-2(4,5)1(6)7/h3-7,9-12,14-21,30,33,41,43-50,71,81-83H,8,13,22-29,31-32,64H2,1-2H3,(H2,65,84)(H2,66,85)(H2,67,87)(H,72,89)(H,73,86)(H,74,91)(H,75,90)(H,76,88)(H,77,95)(H,78,93)(H,79,92)(H,80,94)(H4,68,69,70);(H,6,7). The van der Waals surface area contributed by atoms with E-state index in [4.69, 9.17) is 44.3 Å². The zero-order valence-electron chi connectivity index (χ0n) is 55.3. The van der Waals surface area contributed by atoms with E-state index in [2.05, 4.69) is 57.8 Å². The van der Waals surface area contributed by atoms with Gasteiger partial charge >= 0.3 is 12.1 Å². The first-order chi connectivity index (χ1) is 48.0. The van der Waals surface area contributed by atoms with E-state index in [1.165, 1.54) is 48.5 Å². The Morgan fingerprint density at radius 2 is 0.941 bits per heavy atom. The third-order valence-electron chi connectivity index (χ3n) is 14.9. The van der Waals surface area contributed by atoms with Gasteiger partial charge in [0.15, 0.2) is 5.96 Å². The predicted molar refractivity (Wildman–Crippen MR) is 359 cm³/mol. The van der Waals surface area contributed by atoms with Gasteiger partial charge in [-0.15, -0.1) is 0 Å². The van der Waals surface area contributed by atoms with Gasteiger partial charge in [-0.3, -0.25) is 62.5 Å². The maximum Gasteiger partial charge on any atom is 0.490 e. The number of aliphatic carboxylic acids is 1. The Balaban J connectivity index is 0.00000298. The molecule has 9 unspecified atom stereocenters. The number of H-pyrrole nitrogens is 1. The first-order valence-electron chi connectivity index (χ1n) is 31.5. The van der Waals surface area contributed by atoms with Gasteiger partial charge in [-0.25, -0.2) is 4.79 Å². The van der Waals surface area contributed by atoms with Gasteiger partial charge in [0.05, 0.1) is 32.0 Å². The first-order valence-corrected chi connectivity index (χ1v) is 31.5. The van der Waals surface area contributed by atoms with Gasteiger partial charge in [0, 0.05) is 42.9 Å². The number of aromatic hydroxyl groups is 2. The van der Waals surface area contributed by atoms with E-state index in [0.717, 1.165) is 0 Å².